The largest absolute Gasteiger partial charge is 0.286 e. The normalized spacial score (nSPS) is 12.3. The highest BCUT2D eigenvalue weighted by Gasteiger charge is 2.02. The molecule has 2 heteroatoms. The lowest BCUT2D eigenvalue weighted by molar-refractivity contribution is 0.582. The van der Waals surface area contributed by atoms with Crippen LogP contribution in [0.15, 0.2) is 0 Å². The monoisotopic (exact) mass is 177 g/mol. The molecule has 0 fully saturated rings. The first-order valence-corrected chi connectivity index (χ1v) is 6.57. The molecule has 0 N–H and O–H groups in total. The molecule has 0 aromatic carbocycles. The van der Waals surface area contributed by atoms with E-state index in [0.717, 1.165) is 0 Å². The van der Waals surface area contributed by atoms with Gasteiger partial charge in [0.1, 0.15) is 0 Å². The van der Waals surface area contributed by atoms with Gasteiger partial charge >= 0.3 is 0 Å². The third-order valence-corrected chi connectivity index (χ3v) is 4.13. The fourth-order valence-electron chi connectivity index (χ4n) is 0.736. The standard InChI is InChI=1S/C7H18NP.C2H6/c1-5-7-9(4)8(3)6-2;1-2/h5-7H2,1-4H3;1-2H3. The van der Waals surface area contributed by atoms with Crippen LogP contribution in [0, 0.1) is 0 Å². The van der Waals surface area contributed by atoms with Crippen LogP contribution in [0.1, 0.15) is 34.1 Å². The minimum absolute atomic E-state index is 0.191. The van der Waals surface area contributed by atoms with E-state index in [-0.39, 0.29) is 8.07 Å². The van der Waals surface area contributed by atoms with Gasteiger partial charge in [0.15, 0.2) is 0 Å². The lowest BCUT2D eigenvalue weighted by atomic mass is 10.6. The third kappa shape index (κ3) is 8.29. The van der Waals surface area contributed by atoms with Crippen molar-refractivity contribution in [1.29, 1.82) is 0 Å². The average molecular weight is 177 g/mol. The van der Waals surface area contributed by atoms with Gasteiger partial charge in [-0.15, -0.1) is 0 Å². The molecule has 0 aromatic heterocycles. The highest BCUT2D eigenvalue weighted by Crippen LogP contribution is 2.33. The SMILES string of the molecule is CC.CCCP(C)N(C)CC. The Bertz CT molecular complexity index is 66.6. The minimum atomic E-state index is 0.191. The maximum Gasteiger partial charge on any atom is -0.00107 e. The predicted octanol–water partition coefficient (Wildman–Crippen LogP) is 3.40. The molecule has 0 aliphatic rings. The molecule has 0 amide bonds. The van der Waals surface area contributed by atoms with Crippen molar-refractivity contribution in [1.82, 2.24) is 4.67 Å². The molecule has 0 aliphatic heterocycles. The molecular weight excluding hydrogens is 153 g/mol. The van der Waals surface area contributed by atoms with Gasteiger partial charge in [0.2, 0.25) is 0 Å². The van der Waals surface area contributed by atoms with Gasteiger partial charge in [-0.2, -0.15) is 0 Å². The van der Waals surface area contributed by atoms with Gasteiger partial charge < -0.3 is 0 Å². The zero-order chi connectivity index (χ0) is 9.28. The number of rotatable bonds is 4. The number of hydrogen-bond donors (Lipinski definition) is 0. The Labute approximate surface area is 74.0 Å². The van der Waals surface area contributed by atoms with Gasteiger partial charge in [-0.25, -0.2) is 0 Å². The average Bonchev–Trinajstić information content (AvgIpc) is 2.07. The van der Waals surface area contributed by atoms with Crippen LogP contribution >= 0.6 is 8.07 Å². The Morgan fingerprint density at radius 1 is 1.18 bits per heavy atom. The molecule has 0 saturated carbocycles. The molecule has 0 aliphatic carbocycles. The highest BCUT2D eigenvalue weighted by molar-refractivity contribution is 7.54. The van der Waals surface area contributed by atoms with Crippen LogP contribution in [-0.4, -0.2) is 31.1 Å². The molecule has 0 spiro atoms. The summed E-state index contributed by atoms with van der Waals surface area (Å²) < 4.78 is 2.44. The lowest BCUT2D eigenvalue weighted by Crippen LogP contribution is -2.11. The first-order chi connectivity index (χ1) is 5.22. The Hall–Kier alpha value is 0.390. The van der Waals surface area contributed by atoms with Crippen molar-refractivity contribution in [3.63, 3.8) is 0 Å². The van der Waals surface area contributed by atoms with Gasteiger partial charge in [0.05, 0.1) is 0 Å². The summed E-state index contributed by atoms with van der Waals surface area (Å²) in [5.41, 5.74) is 0. The van der Waals surface area contributed by atoms with Crippen LogP contribution in [0.4, 0.5) is 0 Å². The Kier molecular flexibility index (Phi) is 13.2. The van der Waals surface area contributed by atoms with Crippen LogP contribution in [0.25, 0.3) is 0 Å². The van der Waals surface area contributed by atoms with Crippen molar-refractivity contribution < 1.29 is 0 Å². The summed E-state index contributed by atoms with van der Waals surface area (Å²) in [4.78, 5) is 0. The number of nitrogens with zero attached hydrogens (tertiary/aromatic N) is 1. The van der Waals surface area contributed by atoms with E-state index in [2.05, 4.69) is 32.2 Å². The van der Waals surface area contributed by atoms with E-state index < -0.39 is 0 Å². The van der Waals surface area contributed by atoms with Crippen LogP contribution < -0.4 is 0 Å². The van der Waals surface area contributed by atoms with Crippen molar-refractivity contribution in [2.45, 2.75) is 34.1 Å². The molecule has 11 heavy (non-hydrogen) atoms. The molecule has 0 saturated heterocycles. The first-order valence-electron chi connectivity index (χ1n) is 4.64. The lowest BCUT2D eigenvalue weighted by Gasteiger charge is -2.22. The molecule has 0 bridgehead atoms. The van der Waals surface area contributed by atoms with Crippen molar-refractivity contribution in [3.05, 3.63) is 0 Å². The zero-order valence-electron chi connectivity index (χ0n) is 9.02. The van der Waals surface area contributed by atoms with E-state index in [1.807, 2.05) is 13.8 Å². The van der Waals surface area contributed by atoms with Gasteiger partial charge in [0.25, 0.3) is 0 Å². The zero-order valence-corrected chi connectivity index (χ0v) is 9.91. The highest BCUT2D eigenvalue weighted by atomic mass is 31.1. The van der Waals surface area contributed by atoms with Gasteiger partial charge in [-0.05, 0) is 34.5 Å². The Morgan fingerprint density at radius 2 is 1.64 bits per heavy atom. The topological polar surface area (TPSA) is 3.24 Å². The molecule has 70 valence electrons. The van der Waals surface area contributed by atoms with Crippen molar-refractivity contribution >= 4 is 8.07 Å². The summed E-state index contributed by atoms with van der Waals surface area (Å²) in [6.45, 7) is 12.0. The predicted molar refractivity (Wildman–Crippen MR) is 57.7 cm³/mol. The van der Waals surface area contributed by atoms with E-state index in [1.54, 1.807) is 0 Å². The summed E-state index contributed by atoms with van der Waals surface area (Å²) >= 11 is 0. The summed E-state index contributed by atoms with van der Waals surface area (Å²) in [5, 5.41) is 0. The number of hydrogen-bond acceptors (Lipinski definition) is 1. The van der Waals surface area contributed by atoms with Gasteiger partial charge in [0, 0.05) is 0 Å². The molecule has 1 unspecified atom stereocenters. The van der Waals surface area contributed by atoms with E-state index in [0.29, 0.717) is 0 Å². The molecule has 0 radical (unpaired) electrons. The smallest absolute Gasteiger partial charge is 0.00107 e. The molecular formula is C9H24NP. The fraction of sp³-hybridized carbons (Fsp3) is 1.00. The van der Waals surface area contributed by atoms with E-state index >= 15 is 0 Å². The van der Waals surface area contributed by atoms with Crippen molar-refractivity contribution in [2.24, 2.45) is 0 Å². The maximum atomic E-state index is 2.44. The second-order valence-corrected chi connectivity index (χ2v) is 4.80. The van der Waals surface area contributed by atoms with Crippen molar-refractivity contribution in [2.75, 3.05) is 26.4 Å². The molecule has 0 aromatic rings. The molecule has 0 rings (SSSR count). The van der Waals surface area contributed by atoms with E-state index in [1.165, 1.54) is 19.1 Å². The van der Waals surface area contributed by atoms with Crippen LogP contribution in [-0.2, 0) is 0 Å². The Morgan fingerprint density at radius 3 is 1.91 bits per heavy atom. The Balaban J connectivity index is 0. The quantitative estimate of drug-likeness (QED) is 0.595. The summed E-state index contributed by atoms with van der Waals surface area (Å²) in [5.74, 6) is 0. The van der Waals surface area contributed by atoms with E-state index in [4.69, 9.17) is 0 Å². The second-order valence-electron chi connectivity index (χ2n) is 2.36. The van der Waals surface area contributed by atoms with E-state index in [9.17, 15) is 0 Å². The minimum Gasteiger partial charge on any atom is -0.286 e. The van der Waals surface area contributed by atoms with Gasteiger partial charge in [-0.1, -0.05) is 34.1 Å². The molecule has 1 atom stereocenters. The third-order valence-electron chi connectivity index (χ3n) is 1.59. The van der Waals surface area contributed by atoms with Crippen LogP contribution in [0.3, 0.4) is 0 Å². The molecule has 0 heterocycles. The van der Waals surface area contributed by atoms with Gasteiger partial charge in [-0.3, -0.25) is 4.67 Å². The van der Waals surface area contributed by atoms with Crippen LogP contribution in [0.2, 0.25) is 0 Å². The summed E-state index contributed by atoms with van der Waals surface area (Å²) in [6, 6.07) is 0. The van der Waals surface area contributed by atoms with Crippen LogP contribution in [0.5, 0.6) is 0 Å². The summed E-state index contributed by atoms with van der Waals surface area (Å²) in [7, 11) is 2.40. The summed E-state index contributed by atoms with van der Waals surface area (Å²) in [6.07, 6.45) is 2.71. The van der Waals surface area contributed by atoms with Crippen molar-refractivity contribution in [3.8, 4) is 0 Å². The molecule has 1 nitrogen and oxygen atoms in total. The first kappa shape index (κ1) is 13.9. The second kappa shape index (κ2) is 10.4. The maximum absolute atomic E-state index is 2.44. The fourth-order valence-corrected chi connectivity index (χ4v) is 2.21.